The Morgan fingerprint density at radius 2 is 1.72 bits per heavy atom. The number of aliphatic hydroxyl groups is 1. The second kappa shape index (κ2) is 12.9. The molecule has 1 unspecified atom stereocenters. The third-order valence-corrected chi connectivity index (χ3v) is 5.55. The summed E-state index contributed by atoms with van der Waals surface area (Å²) in [5.41, 5.74) is 2.33. The van der Waals surface area contributed by atoms with Gasteiger partial charge in [0.25, 0.3) is 0 Å². The summed E-state index contributed by atoms with van der Waals surface area (Å²) in [5, 5.41) is 10.4. The van der Waals surface area contributed by atoms with E-state index >= 15 is 0 Å². The average Bonchev–Trinajstić information content (AvgIpc) is 3.23. The second-order valence-corrected chi connectivity index (χ2v) is 7.83. The molecule has 0 amide bonds. The smallest absolute Gasteiger partial charge is 0.231 e. The molecule has 0 aromatic heterocycles. The molecule has 1 saturated heterocycles. The van der Waals surface area contributed by atoms with Gasteiger partial charge in [0.2, 0.25) is 6.79 Å². The lowest BCUT2D eigenvalue weighted by molar-refractivity contribution is -0.00100. The number of hydrogen-bond donors (Lipinski definition) is 1. The van der Waals surface area contributed by atoms with E-state index in [1.54, 1.807) is 0 Å². The van der Waals surface area contributed by atoms with E-state index < -0.39 is 6.10 Å². The van der Waals surface area contributed by atoms with Crippen LogP contribution in [-0.4, -0.2) is 67.1 Å². The molecule has 4 rings (SSSR count). The summed E-state index contributed by atoms with van der Waals surface area (Å²) in [6, 6.07) is 14.1. The van der Waals surface area contributed by atoms with Gasteiger partial charge in [0.1, 0.15) is 18.5 Å². The third kappa shape index (κ3) is 7.02. The Hall–Kier alpha value is -1.96. The van der Waals surface area contributed by atoms with E-state index in [4.69, 9.17) is 14.2 Å². The number of aliphatic hydroxyl groups excluding tert-OH is 1. The number of hydrogen-bond acceptors (Lipinski definition) is 6. The van der Waals surface area contributed by atoms with Crippen molar-refractivity contribution in [1.29, 1.82) is 0 Å². The van der Waals surface area contributed by atoms with Crippen LogP contribution in [0.5, 0.6) is 17.2 Å². The van der Waals surface area contributed by atoms with Gasteiger partial charge in [0.15, 0.2) is 11.5 Å². The summed E-state index contributed by atoms with van der Waals surface area (Å²) in [6.45, 7) is 9.75. The summed E-state index contributed by atoms with van der Waals surface area (Å²) < 4.78 is 16.7. The fraction of sp³-hybridized carbons (Fsp3) is 0.417. The standard InChI is InChI=1S/C24H30N2O4.2ClH/c1-2-5-20-6-3-4-7-22(20)28-17-21(27)16-26-12-10-25(11-13-26)15-19-8-9-23-24(14-19)30-18-29-23;;/h2-4,6-9,14,21,27H,1,5,10-13,15-18H2;2*1H/p-2. The van der Waals surface area contributed by atoms with Crippen molar-refractivity contribution in [2.24, 2.45) is 0 Å². The zero-order chi connectivity index (χ0) is 20.8. The van der Waals surface area contributed by atoms with Crippen molar-refractivity contribution in [1.82, 2.24) is 9.80 Å². The van der Waals surface area contributed by atoms with Crippen LogP contribution in [0.3, 0.4) is 0 Å². The second-order valence-electron chi connectivity index (χ2n) is 7.83. The van der Waals surface area contributed by atoms with Crippen molar-refractivity contribution < 1.29 is 44.1 Å². The van der Waals surface area contributed by atoms with Gasteiger partial charge < -0.3 is 44.1 Å². The number of halogens is 2. The summed E-state index contributed by atoms with van der Waals surface area (Å²) in [6.07, 6.45) is 2.11. The first-order valence-corrected chi connectivity index (χ1v) is 10.5. The molecule has 8 heteroatoms. The van der Waals surface area contributed by atoms with E-state index in [2.05, 4.69) is 28.5 Å². The van der Waals surface area contributed by atoms with Crippen LogP contribution < -0.4 is 39.0 Å². The van der Waals surface area contributed by atoms with Crippen LogP contribution >= 0.6 is 0 Å². The fourth-order valence-electron chi connectivity index (χ4n) is 3.93. The van der Waals surface area contributed by atoms with E-state index in [9.17, 15) is 5.11 Å². The Morgan fingerprint density at radius 1 is 1.00 bits per heavy atom. The van der Waals surface area contributed by atoms with E-state index in [1.165, 1.54) is 5.56 Å². The maximum atomic E-state index is 10.4. The average molecular weight is 481 g/mol. The number of allylic oxidation sites excluding steroid dienone is 1. The third-order valence-electron chi connectivity index (χ3n) is 5.55. The van der Waals surface area contributed by atoms with Gasteiger partial charge >= 0.3 is 0 Å². The van der Waals surface area contributed by atoms with Gasteiger partial charge in [-0.25, -0.2) is 0 Å². The molecule has 2 aliphatic heterocycles. The van der Waals surface area contributed by atoms with Crippen molar-refractivity contribution in [3.63, 3.8) is 0 Å². The maximum absolute atomic E-state index is 10.4. The summed E-state index contributed by atoms with van der Waals surface area (Å²) in [5.74, 6) is 2.49. The first-order valence-electron chi connectivity index (χ1n) is 10.5. The highest BCUT2D eigenvalue weighted by atomic mass is 35.5. The summed E-state index contributed by atoms with van der Waals surface area (Å²) in [4.78, 5) is 4.74. The molecule has 2 heterocycles. The number of piperazine rings is 1. The number of fused-ring (bicyclic) bond motifs is 1. The SMILES string of the molecule is C=CCc1ccccc1OCC(O)CN1CCN(Cc2ccc3c(c2)OCO3)CC1.[Cl-].[Cl-]. The molecule has 6 nitrogen and oxygen atoms in total. The monoisotopic (exact) mass is 480 g/mol. The highest BCUT2D eigenvalue weighted by Gasteiger charge is 2.21. The van der Waals surface area contributed by atoms with Gasteiger partial charge in [0.05, 0.1) is 0 Å². The fourth-order valence-corrected chi connectivity index (χ4v) is 3.93. The van der Waals surface area contributed by atoms with Crippen LogP contribution in [0.2, 0.25) is 0 Å². The predicted octanol–water partition coefficient (Wildman–Crippen LogP) is -3.29. The van der Waals surface area contributed by atoms with Crippen LogP contribution in [0, 0.1) is 0 Å². The summed E-state index contributed by atoms with van der Waals surface area (Å²) >= 11 is 0. The largest absolute Gasteiger partial charge is 1.00 e. The molecule has 2 aromatic rings. The Kier molecular flexibility index (Phi) is 10.6. The molecule has 1 N–H and O–H groups in total. The van der Waals surface area contributed by atoms with Gasteiger partial charge in [0, 0.05) is 39.3 Å². The molecule has 0 aliphatic carbocycles. The van der Waals surface area contributed by atoms with Gasteiger partial charge in [-0.2, -0.15) is 0 Å². The number of β-amino-alcohol motifs (C(OH)–C–C–N with tert-alkyl or cyclic N) is 1. The molecule has 0 radical (unpaired) electrons. The van der Waals surface area contributed by atoms with E-state index in [-0.39, 0.29) is 24.8 Å². The predicted molar refractivity (Wildman–Crippen MR) is 116 cm³/mol. The highest BCUT2D eigenvalue weighted by Crippen LogP contribution is 2.32. The zero-order valence-corrected chi connectivity index (χ0v) is 19.6. The normalized spacial score (nSPS) is 16.5. The molecular weight excluding hydrogens is 451 g/mol. The number of ether oxygens (including phenoxy) is 3. The zero-order valence-electron chi connectivity index (χ0n) is 18.1. The maximum Gasteiger partial charge on any atom is 0.231 e. The highest BCUT2D eigenvalue weighted by molar-refractivity contribution is 5.44. The van der Waals surface area contributed by atoms with E-state index in [1.807, 2.05) is 36.4 Å². The molecule has 0 saturated carbocycles. The van der Waals surface area contributed by atoms with Gasteiger partial charge in [-0.1, -0.05) is 30.3 Å². The van der Waals surface area contributed by atoms with Crippen LogP contribution in [-0.2, 0) is 13.0 Å². The number of nitrogens with zero attached hydrogens (tertiary/aromatic N) is 2. The molecule has 1 fully saturated rings. The van der Waals surface area contributed by atoms with Crippen molar-refractivity contribution in [2.45, 2.75) is 19.1 Å². The van der Waals surface area contributed by atoms with Crippen LogP contribution in [0.25, 0.3) is 0 Å². The van der Waals surface area contributed by atoms with Gasteiger partial charge in [-0.15, -0.1) is 6.58 Å². The Balaban J connectivity index is 0.00000181. The lowest BCUT2D eigenvalue weighted by atomic mass is 10.1. The minimum absolute atomic E-state index is 0. The Morgan fingerprint density at radius 3 is 2.50 bits per heavy atom. The van der Waals surface area contributed by atoms with Gasteiger partial charge in [-0.05, 0) is 35.7 Å². The minimum Gasteiger partial charge on any atom is -1.00 e. The molecule has 0 bridgehead atoms. The number of benzene rings is 2. The Labute approximate surface area is 202 Å². The van der Waals surface area contributed by atoms with Crippen molar-refractivity contribution in [3.8, 4) is 17.2 Å². The topological polar surface area (TPSA) is 54.4 Å². The van der Waals surface area contributed by atoms with Crippen molar-refractivity contribution in [3.05, 3.63) is 66.2 Å². The minimum atomic E-state index is -0.512. The lowest BCUT2D eigenvalue weighted by Crippen LogP contribution is -3.00. The first-order chi connectivity index (χ1) is 14.7. The van der Waals surface area contributed by atoms with Crippen LogP contribution in [0.4, 0.5) is 0 Å². The molecular formula is C24H30Cl2N2O4-2. The molecule has 1 atom stereocenters. The van der Waals surface area contributed by atoms with Crippen LogP contribution in [0.15, 0.2) is 55.1 Å². The molecule has 2 aromatic carbocycles. The summed E-state index contributed by atoms with van der Waals surface area (Å²) in [7, 11) is 0. The van der Waals surface area contributed by atoms with E-state index in [0.29, 0.717) is 19.9 Å². The molecule has 176 valence electrons. The first kappa shape index (κ1) is 26.3. The van der Waals surface area contributed by atoms with Crippen molar-refractivity contribution >= 4 is 0 Å². The van der Waals surface area contributed by atoms with Crippen LogP contribution in [0.1, 0.15) is 11.1 Å². The Bertz CT molecular complexity index is 860. The van der Waals surface area contributed by atoms with E-state index in [0.717, 1.165) is 62.0 Å². The number of rotatable bonds is 9. The molecule has 32 heavy (non-hydrogen) atoms. The van der Waals surface area contributed by atoms with Crippen molar-refractivity contribution in [2.75, 3.05) is 46.1 Å². The lowest BCUT2D eigenvalue weighted by Gasteiger charge is -2.35. The van der Waals surface area contributed by atoms with Gasteiger partial charge in [-0.3, -0.25) is 9.80 Å². The quantitative estimate of drug-likeness (QED) is 0.379. The molecule has 2 aliphatic rings. The number of para-hydroxylation sites is 1. The molecule has 0 spiro atoms.